The molecule has 0 aromatic heterocycles. The van der Waals surface area contributed by atoms with E-state index in [1.807, 2.05) is 48.5 Å². The van der Waals surface area contributed by atoms with Crippen LogP contribution >= 0.6 is 0 Å². The first-order valence-corrected chi connectivity index (χ1v) is 7.26. The Kier molecular flexibility index (Phi) is 5.62. The van der Waals surface area contributed by atoms with Crippen molar-refractivity contribution in [2.75, 3.05) is 13.7 Å². The maximum atomic E-state index is 9.09. The van der Waals surface area contributed by atoms with Crippen LogP contribution in [-0.2, 0) is 0 Å². The van der Waals surface area contributed by atoms with E-state index in [1.165, 1.54) is 0 Å². The fourth-order valence-corrected chi connectivity index (χ4v) is 2.18. The van der Waals surface area contributed by atoms with Crippen LogP contribution in [0, 0.1) is 11.3 Å². The maximum Gasteiger partial charge on any atom is 0.161 e. The van der Waals surface area contributed by atoms with E-state index in [4.69, 9.17) is 14.7 Å². The molecule has 0 N–H and O–H groups in total. The smallest absolute Gasteiger partial charge is 0.161 e. The second kappa shape index (κ2) is 7.90. The Labute approximate surface area is 131 Å². The number of hydrogen-bond acceptors (Lipinski definition) is 3. The molecule has 0 spiro atoms. The third kappa shape index (κ3) is 3.67. The van der Waals surface area contributed by atoms with Gasteiger partial charge in [0, 0.05) is 6.08 Å². The molecule has 0 saturated heterocycles. The predicted octanol–water partition coefficient (Wildman–Crippen LogP) is 4.44. The Bertz CT molecular complexity index is 684. The number of ether oxygens (including phenoxy) is 2. The Hall–Kier alpha value is -2.73. The van der Waals surface area contributed by atoms with E-state index in [0.717, 1.165) is 23.1 Å². The summed E-state index contributed by atoms with van der Waals surface area (Å²) in [6.07, 6.45) is 2.48. The van der Waals surface area contributed by atoms with Gasteiger partial charge in [-0.15, -0.1) is 0 Å². The molecule has 0 heterocycles. The number of benzene rings is 2. The summed E-state index contributed by atoms with van der Waals surface area (Å²) >= 11 is 0. The summed E-state index contributed by atoms with van der Waals surface area (Å²) in [6.45, 7) is 2.68. The van der Waals surface area contributed by atoms with Crippen LogP contribution in [0.15, 0.2) is 54.6 Å². The lowest BCUT2D eigenvalue weighted by Gasteiger charge is -2.13. The number of methoxy groups -OCH3 is 1. The van der Waals surface area contributed by atoms with Crippen LogP contribution in [0.1, 0.15) is 24.5 Å². The van der Waals surface area contributed by atoms with Crippen LogP contribution < -0.4 is 9.47 Å². The zero-order valence-corrected chi connectivity index (χ0v) is 12.9. The summed E-state index contributed by atoms with van der Waals surface area (Å²) in [7, 11) is 1.62. The lowest BCUT2D eigenvalue weighted by atomic mass is 9.97. The summed E-state index contributed by atoms with van der Waals surface area (Å²) in [5.74, 6) is 1.39. The molecule has 0 amide bonds. The van der Waals surface area contributed by atoms with Gasteiger partial charge in [0.25, 0.3) is 0 Å². The third-order valence-electron chi connectivity index (χ3n) is 3.23. The van der Waals surface area contributed by atoms with E-state index in [2.05, 4.69) is 13.0 Å². The molecule has 2 aromatic rings. The number of rotatable bonds is 6. The van der Waals surface area contributed by atoms with Crippen LogP contribution in [-0.4, -0.2) is 13.7 Å². The van der Waals surface area contributed by atoms with E-state index < -0.39 is 0 Å². The topological polar surface area (TPSA) is 42.2 Å². The van der Waals surface area contributed by atoms with Crippen molar-refractivity contribution in [1.29, 1.82) is 5.26 Å². The van der Waals surface area contributed by atoms with Crippen molar-refractivity contribution in [2.24, 2.45) is 0 Å². The highest BCUT2D eigenvalue weighted by Gasteiger charge is 2.10. The van der Waals surface area contributed by atoms with Crippen molar-refractivity contribution in [1.82, 2.24) is 0 Å². The van der Waals surface area contributed by atoms with Crippen LogP contribution in [0.4, 0.5) is 0 Å². The molecule has 0 fully saturated rings. The van der Waals surface area contributed by atoms with Gasteiger partial charge in [-0.1, -0.05) is 43.3 Å². The molecule has 2 rings (SSSR count). The van der Waals surface area contributed by atoms with Gasteiger partial charge in [0.1, 0.15) is 0 Å². The fourth-order valence-electron chi connectivity index (χ4n) is 2.18. The molecule has 0 aliphatic heterocycles. The molecule has 112 valence electrons. The highest BCUT2D eigenvalue weighted by Crippen LogP contribution is 2.33. The quantitative estimate of drug-likeness (QED) is 0.739. The SMILES string of the molecule is CCCOc1cc(C(=CC#N)c2ccccc2)ccc1OC. The minimum absolute atomic E-state index is 0.627. The van der Waals surface area contributed by atoms with Gasteiger partial charge in [0.2, 0.25) is 0 Å². The van der Waals surface area contributed by atoms with Gasteiger partial charge >= 0.3 is 0 Å². The molecule has 22 heavy (non-hydrogen) atoms. The number of nitrogens with zero attached hydrogens (tertiary/aromatic N) is 1. The fraction of sp³-hybridized carbons (Fsp3) is 0.211. The molecule has 0 unspecified atom stereocenters. The first-order chi connectivity index (χ1) is 10.8. The monoisotopic (exact) mass is 293 g/mol. The summed E-state index contributed by atoms with van der Waals surface area (Å²) < 4.78 is 11.1. The Morgan fingerprint density at radius 1 is 1.09 bits per heavy atom. The van der Waals surface area contributed by atoms with Crippen LogP contribution in [0.5, 0.6) is 11.5 Å². The minimum atomic E-state index is 0.627. The Balaban J connectivity index is 2.45. The number of allylic oxidation sites excluding steroid dienone is 1. The Morgan fingerprint density at radius 2 is 1.86 bits per heavy atom. The average Bonchev–Trinajstić information content (AvgIpc) is 2.58. The molecular weight excluding hydrogens is 274 g/mol. The second-order valence-electron chi connectivity index (χ2n) is 4.77. The first-order valence-electron chi connectivity index (χ1n) is 7.26. The molecule has 2 aromatic carbocycles. The molecule has 3 heteroatoms. The molecule has 0 aliphatic rings. The average molecular weight is 293 g/mol. The maximum absolute atomic E-state index is 9.09. The number of hydrogen-bond donors (Lipinski definition) is 0. The van der Waals surface area contributed by atoms with Gasteiger partial charge in [-0.3, -0.25) is 0 Å². The minimum Gasteiger partial charge on any atom is -0.493 e. The van der Waals surface area contributed by atoms with E-state index in [1.54, 1.807) is 13.2 Å². The van der Waals surface area contributed by atoms with Crippen molar-refractivity contribution in [3.63, 3.8) is 0 Å². The normalized spacial score (nSPS) is 10.9. The summed E-state index contributed by atoms with van der Waals surface area (Å²) in [5, 5.41) is 9.09. The van der Waals surface area contributed by atoms with E-state index in [9.17, 15) is 0 Å². The third-order valence-corrected chi connectivity index (χ3v) is 3.23. The standard InChI is InChI=1S/C19H19NO2/c1-3-13-22-19-14-16(9-10-18(19)21-2)17(11-12-20)15-7-5-4-6-8-15/h4-11,14H,3,13H2,1-2H3. The van der Waals surface area contributed by atoms with Gasteiger partial charge in [0.15, 0.2) is 11.5 Å². The van der Waals surface area contributed by atoms with Crippen molar-refractivity contribution < 1.29 is 9.47 Å². The summed E-state index contributed by atoms with van der Waals surface area (Å²) in [4.78, 5) is 0. The number of nitriles is 1. The van der Waals surface area contributed by atoms with E-state index in [-0.39, 0.29) is 0 Å². The van der Waals surface area contributed by atoms with Crippen molar-refractivity contribution in [3.05, 3.63) is 65.7 Å². The molecule has 3 nitrogen and oxygen atoms in total. The van der Waals surface area contributed by atoms with Crippen LogP contribution in [0.25, 0.3) is 5.57 Å². The van der Waals surface area contributed by atoms with Gasteiger partial charge < -0.3 is 9.47 Å². The van der Waals surface area contributed by atoms with E-state index in [0.29, 0.717) is 18.1 Å². The van der Waals surface area contributed by atoms with Gasteiger partial charge in [-0.2, -0.15) is 5.26 Å². The van der Waals surface area contributed by atoms with Crippen molar-refractivity contribution >= 4 is 5.57 Å². The lowest BCUT2D eigenvalue weighted by Crippen LogP contribution is -1.99. The van der Waals surface area contributed by atoms with Crippen LogP contribution in [0.2, 0.25) is 0 Å². The van der Waals surface area contributed by atoms with Crippen LogP contribution in [0.3, 0.4) is 0 Å². The largest absolute Gasteiger partial charge is 0.493 e. The molecule has 0 aliphatic carbocycles. The van der Waals surface area contributed by atoms with Crippen molar-refractivity contribution in [2.45, 2.75) is 13.3 Å². The summed E-state index contributed by atoms with van der Waals surface area (Å²) in [6, 6.07) is 17.7. The zero-order valence-electron chi connectivity index (χ0n) is 12.9. The predicted molar refractivity (Wildman–Crippen MR) is 87.9 cm³/mol. The van der Waals surface area contributed by atoms with Gasteiger partial charge in [-0.05, 0) is 35.3 Å². The van der Waals surface area contributed by atoms with Crippen molar-refractivity contribution in [3.8, 4) is 17.6 Å². The lowest BCUT2D eigenvalue weighted by molar-refractivity contribution is 0.294. The molecule has 0 radical (unpaired) electrons. The Morgan fingerprint density at radius 3 is 2.50 bits per heavy atom. The molecule has 0 saturated carbocycles. The zero-order chi connectivity index (χ0) is 15.8. The second-order valence-corrected chi connectivity index (χ2v) is 4.77. The first kappa shape index (κ1) is 15.7. The van der Waals surface area contributed by atoms with Gasteiger partial charge in [0.05, 0.1) is 19.8 Å². The molecule has 0 atom stereocenters. The molecular formula is C19H19NO2. The highest BCUT2D eigenvalue weighted by atomic mass is 16.5. The summed E-state index contributed by atoms with van der Waals surface area (Å²) in [5.41, 5.74) is 2.79. The highest BCUT2D eigenvalue weighted by molar-refractivity contribution is 5.82. The van der Waals surface area contributed by atoms with Gasteiger partial charge in [-0.25, -0.2) is 0 Å². The molecule has 0 bridgehead atoms. The van der Waals surface area contributed by atoms with E-state index >= 15 is 0 Å².